The standard InChI is InChI=1S/C24H30N4O4/c1-3-19(17-11-5-7-13-21(17)29)25-27-23(31)15-9-10-16-24(32)28-26-20(4-2)18-12-6-8-14-22(18)30/h5-8,11-14,29-30H,3-4,9-10,15-16H2,1-2H3,(H,27,31)(H,28,32). The van der Waals surface area contributed by atoms with Crippen LogP contribution in [0, 0.1) is 0 Å². The van der Waals surface area contributed by atoms with Crippen LogP contribution in [0.25, 0.3) is 0 Å². The van der Waals surface area contributed by atoms with Gasteiger partial charge in [0.1, 0.15) is 11.5 Å². The Morgan fingerprint density at radius 1 is 0.719 bits per heavy atom. The average molecular weight is 439 g/mol. The van der Waals surface area contributed by atoms with E-state index in [-0.39, 0.29) is 36.2 Å². The second-order valence-corrected chi connectivity index (χ2v) is 7.14. The van der Waals surface area contributed by atoms with Gasteiger partial charge in [-0.3, -0.25) is 9.59 Å². The van der Waals surface area contributed by atoms with Gasteiger partial charge >= 0.3 is 0 Å². The number of hydrogen-bond donors (Lipinski definition) is 4. The molecule has 2 aromatic rings. The number of para-hydroxylation sites is 2. The summed E-state index contributed by atoms with van der Waals surface area (Å²) in [5, 5.41) is 28.1. The van der Waals surface area contributed by atoms with Crippen molar-refractivity contribution in [2.75, 3.05) is 0 Å². The molecule has 0 bridgehead atoms. The molecular weight excluding hydrogens is 408 g/mol. The molecule has 0 atom stereocenters. The highest BCUT2D eigenvalue weighted by atomic mass is 16.3. The molecule has 0 radical (unpaired) electrons. The topological polar surface area (TPSA) is 123 Å². The fourth-order valence-corrected chi connectivity index (χ4v) is 3.04. The minimum absolute atomic E-state index is 0.115. The molecular formula is C24H30N4O4. The van der Waals surface area contributed by atoms with Crippen molar-refractivity contribution in [1.29, 1.82) is 0 Å². The number of hydrogen-bond acceptors (Lipinski definition) is 6. The van der Waals surface area contributed by atoms with Crippen LogP contribution in [0.3, 0.4) is 0 Å². The highest BCUT2D eigenvalue weighted by molar-refractivity contribution is 6.03. The molecule has 0 aliphatic carbocycles. The summed E-state index contributed by atoms with van der Waals surface area (Å²) in [7, 11) is 0. The monoisotopic (exact) mass is 438 g/mol. The second-order valence-electron chi connectivity index (χ2n) is 7.14. The maximum absolute atomic E-state index is 12.0. The van der Waals surface area contributed by atoms with E-state index in [2.05, 4.69) is 21.1 Å². The highest BCUT2D eigenvalue weighted by Gasteiger charge is 2.09. The van der Waals surface area contributed by atoms with Gasteiger partial charge in [0.05, 0.1) is 11.4 Å². The smallest absolute Gasteiger partial charge is 0.240 e. The predicted molar refractivity (Wildman–Crippen MR) is 125 cm³/mol. The zero-order chi connectivity index (χ0) is 23.3. The van der Waals surface area contributed by atoms with E-state index in [1.165, 1.54) is 0 Å². The Bertz CT molecular complexity index is 906. The molecule has 0 saturated carbocycles. The molecule has 0 aliphatic heterocycles. The molecule has 170 valence electrons. The lowest BCUT2D eigenvalue weighted by molar-refractivity contribution is -0.123. The van der Waals surface area contributed by atoms with Gasteiger partial charge < -0.3 is 10.2 Å². The molecule has 2 amide bonds. The van der Waals surface area contributed by atoms with E-state index in [1.54, 1.807) is 48.5 Å². The van der Waals surface area contributed by atoms with E-state index < -0.39 is 0 Å². The van der Waals surface area contributed by atoms with Crippen molar-refractivity contribution in [1.82, 2.24) is 10.9 Å². The SMILES string of the molecule is CCC(=NNC(=O)CCCCC(=O)NN=C(CC)c1ccccc1O)c1ccccc1O. The summed E-state index contributed by atoms with van der Waals surface area (Å²) >= 11 is 0. The maximum Gasteiger partial charge on any atom is 0.240 e. The number of phenolic OH excluding ortho intramolecular Hbond substituents is 2. The van der Waals surface area contributed by atoms with Crippen molar-refractivity contribution in [3.8, 4) is 11.5 Å². The minimum atomic E-state index is -0.252. The Hall–Kier alpha value is -3.68. The van der Waals surface area contributed by atoms with Crippen LogP contribution in [-0.2, 0) is 9.59 Å². The van der Waals surface area contributed by atoms with Crippen LogP contribution in [0.5, 0.6) is 11.5 Å². The van der Waals surface area contributed by atoms with E-state index in [4.69, 9.17) is 0 Å². The molecule has 2 aromatic carbocycles. The van der Waals surface area contributed by atoms with Gasteiger partial charge in [0.2, 0.25) is 11.8 Å². The lowest BCUT2D eigenvalue weighted by atomic mass is 10.1. The Labute approximate surface area is 188 Å². The lowest BCUT2D eigenvalue weighted by Crippen LogP contribution is -2.21. The summed E-state index contributed by atoms with van der Waals surface area (Å²) in [5.74, 6) is -0.273. The minimum Gasteiger partial charge on any atom is -0.507 e. The van der Waals surface area contributed by atoms with Gasteiger partial charge in [-0.15, -0.1) is 0 Å². The number of amides is 2. The van der Waals surface area contributed by atoms with Crippen LogP contribution in [-0.4, -0.2) is 33.5 Å². The molecule has 8 nitrogen and oxygen atoms in total. The van der Waals surface area contributed by atoms with Crippen LogP contribution in [0.15, 0.2) is 58.7 Å². The second kappa shape index (κ2) is 12.9. The molecule has 0 aromatic heterocycles. The Balaban J connectivity index is 1.75. The first-order valence-electron chi connectivity index (χ1n) is 10.7. The lowest BCUT2D eigenvalue weighted by Gasteiger charge is -2.08. The van der Waals surface area contributed by atoms with Crippen molar-refractivity contribution in [2.24, 2.45) is 10.2 Å². The summed E-state index contributed by atoms with van der Waals surface area (Å²) in [6.07, 6.45) is 2.62. The summed E-state index contributed by atoms with van der Waals surface area (Å²) in [6.45, 7) is 3.78. The van der Waals surface area contributed by atoms with Crippen LogP contribution < -0.4 is 10.9 Å². The van der Waals surface area contributed by atoms with Crippen LogP contribution >= 0.6 is 0 Å². The summed E-state index contributed by atoms with van der Waals surface area (Å²) in [6, 6.07) is 13.7. The van der Waals surface area contributed by atoms with Crippen molar-refractivity contribution in [3.63, 3.8) is 0 Å². The first-order valence-corrected chi connectivity index (χ1v) is 10.7. The predicted octanol–water partition coefficient (Wildman–Crippen LogP) is 3.82. The van der Waals surface area contributed by atoms with E-state index in [0.717, 1.165) is 0 Å². The summed E-state index contributed by atoms with van der Waals surface area (Å²) in [4.78, 5) is 24.1. The van der Waals surface area contributed by atoms with E-state index in [1.807, 2.05) is 13.8 Å². The van der Waals surface area contributed by atoms with Gasteiger partial charge in [0.15, 0.2) is 0 Å². The number of nitrogens with zero attached hydrogens (tertiary/aromatic N) is 2. The fraction of sp³-hybridized carbons (Fsp3) is 0.333. The van der Waals surface area contributed by atoms with Gasteiger partial charge in [-0.2, -0.15) is 10.2 Å². The van der Waals surface area contributed by atoms with Crippen molar-refractivity contribution < 1.29 is 19.8 Å². The first kappa shape index (κ1) is 24.6. The Kier molecular flexibility index (Phi) is 9.90. The molecule has 0 spiro atoms. The zero-order valence-corrected chi connectivity index (χ0v) is 18.5. The zero-order valence-electron chi connectivity index (χ0n) is 18.5. The Morgan fingerprint density at radius 3 is 1.44 bits per heavy atom. The van der Waals surface area contributed by atoms with Gasteiger partial charge in [0.25, 0.3) is 0 Å². The van der Waals surface area contributed by atoms with Crippen LogP contribution in [0.4, 0.5) is 0 Å². The van der Waals surface area contributed by atoms with Crippen LogP contribution in [0.1, 0.15) is 63.5 Å². The molecule has 0 fully saturated rings. The number of rotatable bonds is 11. The van der Waals surface area contributed by atoms with Crippen LogP contribution in [0.2, 0.25) is 0 Å². The number of unbranched alkanes of at least 4 members (excludes halogenated alkanes) is 1. The maximum atomic E-state index is 12.0. The number of carbonyl (C=O) groups is 2. The third-order valence-electron chi connectivity index (χ3n) is 4.79. The summed E-state index contributed by atoms with van der Waals surface area (Å²) < 4.78 is 0. The Morgan fingerprint density at radius 2 is 1.09 bits per heavy atom. The van der Waals surface area contributed by atoms with Gasteiger partial charge in [-0.1, -0.05) is 38.1 Å². The molecule has 0 saturated heterocycles. The molecule has 2 rings (SSSR count). The van der Waals surface area contributed by atoms with E-state index >= 15 is 0 Å². The average Bonchev–Trinajstić information content (AvgIpc) is 2.79. The first-order chi connectivity index (χ1) is 15.5. The summed E-state index contributed by atoms with van der Waals surface area (Å²) in [5.41, 5.74) is 7.37. The number of hydrazone groups is 2. The molecule has 4 N–H and O–H groups in total. The largest absolute Gasteiger partial charge is 0.507 e. The quantitative estimate of drug-likeness (QED) is 0.242. The number of nitrogens with one attached hydrogen (secondary N) is 2. The number of aromatic hydroxyl groups is 2. The van der Waals surface area contributed by atoms with Gasteiger partial charge in [0, 0.05) is 24.0 Å². The molecule has 32 heavy (non-hydrogen) atoms. The molecule has 0 aliphatic rings. The third-order valence-corrected chi connectivity index (χ3v) is 4.79. The normalized spacial score (nSPS) is 11.8. The van der Waals surface area contributed by atoms with Gasteiger partial charge in [-0.05, 0) is 49.9 Å². The third kappa shape index (κ3) is 7.54. The van der Waals surface area contributed by atoms with E-state index in [0.29, 0.717) is 48.2 Å². The number of benzene rings is 2. The van der Waals surface area contributed by atoms with Gasteiger partial charge in [-0.25, -0.2) is 10.9 Å². The van der Waals surface area contributed by atoms with Crippen molar-refractivity contribution in [3.05, 3.63) is 59.7 Å². The molecule has 8 heteroatoms. The molecule has 0 heterocycles. The number of phenols is 2. The van der Waals surface area contributed by atoms with E-state index in [9.17, 15) is 19.8 Å². The van der Waals surface area contributed by atoms with Crippen molar-refractivity contribution in [2.45, 2.75) is 52.4 Å². The highest BCUT2D eigenvalue weighted by Crippen LogP contribution is 2.18. The fourth-order valence-electron chi connectivity index (χ4n) is 3.04. The molecule has 0 unspecified atom stereocenters. The van der Waals surface area contributed by atoms with Crippen molar-refractivity contribution >= 4 is 23.2 Å². The number of carbonyl (C=O) groups excluding carboxylic acids is 2.